The first kappa shape index (κ1) is 11.1. The molecule has 17 heavy (non-hydrogen) atoms. The van der Waals surface area contributed by atoms with Crippen molar-refractivity contribution in [3.8, 4) is 5.75 Å². The van der Waals surface area contributed by atoms with Crippen molar-refractivity contribution in [1.29, 1.82) is 0 Å². The van der Waals surface area contributed by atoms with Gasteiger partial charge in [0.05, 0.1) is 0 Å². The highest BCUT2D eigenvalue weighted by Crippen LogP contribution is 2.70. The third-order valence-corrected chi connectivity index (χ3v) is 6.09. The van der Waals surface area contributed by atoms with E-state index < -0.39 is 0 Å². The molecule has 1 heteroatoms. The van der Waals surface area contributed by atoms with E-state index in [1.165, 1.54) is 24.8 Å². The molecule has 1 aromatic carbocycles. The van der Waals surface area contributed by atoms with Crippen molar-refractivity contribution in [2.45, 2.75) is 46.0 Å². The smallest absolute Gasteiger partial charge is 0.115 e. The lowest BCUT2D eigenvalue weighted by Crippen LogP contribution is -2.31. The van der Waals surface area contributed by atoms with Gasteiger partial charge in [0.15, 0.2) is 0 Å². The van der Waals surface area contributed by atoms with E-state index >= 15 is 0 Å². The third kappa shape index (κ3) is 1.31. The molecule has 0 saturated heterocycles. The van der Waals surface area contributed by atoms with E-state index in [1.807, 2.05) is 12.1 Å². The molecular weight excluding hydrogens is 208 g/mol. The Balaban J connectivity index is 1.99. The Bertz CT molecular complexity index is 431. The van der Waals surface area contributed by atoms with Crippen molar-refractivity contribution in [3.63, 3.8) is 0 Å². The number of aromatic hydroxyl groups is 1. The van der Waals surface area contributed by atoms with Gasteiger partial charge in [0.1, 0.15) is 5.75 Å². The average Bonchev–Trinajstić information content (AvgIpc) is 2.62. The molecule has 0 aliphatic heterocycles. The topological polar surface area (TPSA) is 20.2 Å². The van der Waals surface area contributed by atoms with Gasteiger partial charge in [-0.05, 0) is 59.6 Å². The molecule has 0 aromatic heterocycles. The second kappa shape index (κ2) is 3.28. The monoisotopic (exact) mass is 230 g/mol. The second-order valence-electron chi connectivity index (χ2n) is 6.75. The maximum atomic E-state index is 9.40. The van der Waals surface area contributed by atoms with E-state index in [1.54, 1.807) is 0 Å². The van der Waals surface area contributed by atoms with E-state index in [0.717, 1.165) is 5.92 Å². The minimum Gasteiger partial charge on any atom is -0.508 e. The molecule has 0 radical (unpaired) electrons. The van der Waals surface area contributed by atoms with Gasteiger partial charge in [-0.3, -0.25) is 0 Å². The first-order valence-electron chi connectivity index (χ1n) is 6.74. The van der Waals surface area contributed by atoms with E-state index in [4.69, 9.17) is 0 Å². The molecule has 1 N–H and O–H groups in total. The summed E-state index contributed by atoms with van der Waals surface area (Å²) in [5.41, 5.74) is 2.32. The van der Waals surface area contributed by atoms with Crippen LogP contribution >= 0.6 is 0 Å². The van der Waals surface area contributed by atoms with E-state index in [2.05, 4.69) is 32.9 Å². The summed E-state index contributed by atoms with van der Waals surface area (Å²) in [5.74, 6) is 1.93. The Morgan fingerprint density at radius 1 is 1.12 bits per heavy atom. The molecule has 2 saturated carbocycles. The van der Waals surface area contributed by atoms with Gasteiger partial charge in [-0.1, -0.05) is 32.9 Å². The van der Waals surface area contributed by atoms with E-state index in [-0.39, 0.29) is 0 Å². The van der Waals surface area contributed by atoms with Crippen molar-refractivity contribution in [2.75, 3.05) is 0 Å². The molecule has 3 rings (SSSR count). The molecule has 2 bridgehead atoms. The highest BCUT2D eigenvalue weighted by molar-refractivity contribution is 5.32. The molecule has 92 valence electrons. The van der Waals surface area contributed by atoms with Crippen LogP contribution in [0.1, 0.15) is 51.5 Å². The van der Waals surface area contributed by atoms with Crippen LogP contribution in [-0.4, -0.2) is 5.11 Å². The number of phenolic OH excluding ortho intramolecular Hbond substituents is 1. The lowest BCUT2D eigenvalue weighted by atomic mass is 9.65. The maximum absolute atomic E-state index is 9.40. The summed E-state index contributed by atoms with van der Waals surface area (Å²) >= 11 is 0. The summed E-state index contributed by atoms with van der Waals surface area (Å²) in [5, 5.41) is 9.40. The molecule has 2 aliphatic carbocycles. The van der Waals surface area contributed by atoms with Gasteiger partial charge < -0.3 is 5.11 Å². The van der Waals surface area contributed by atoms with Crippen LogP contribution < -0.4 is 0 Å². The Kier molecular flexibility index (Phi) is 2.14. The van der Waals surface area contributed by atoms with Gasteiger partial charge in [0, 0.05) is 0 Å². The quantitative estimate of drug-likeness (QED) is 0.761. The number of hydrogen-bond acceptors (Lipinski definition) is 1. The summed E-state index contributed by atoms with van der Waals surface area (Å²) in [6.45, 7) is 7.37. The standard InChI is InChI=1S/C16H22O/c1-15(2)12-8-9-16(15,3)14(10-12)11-4-6-13(17)7-5-11/h4-7,12,14,17H,8-10H2,1-3H3/t12-,14-,16-/m0/s1. The Hall–Kier alpha value is -0.980. The summed E-state index contributed by atoms with van der Waals surface area (Å²) in [4.78, 5) is 0. The number of fused-ring (bicyclic) bond motifs is 2. The minimum absolute atomic E-state index is 0.376. The lowest BCUT2D eigenvalue weighted by molar-refractivity contribution is 0.134. The van der Waals surface area contributed by atoms with Gasteiger partial charge in [0.2, 0.25) is 0 Å². The second-order valence-corrected chi connectivity index (χ2v) is 6.75. The summed E-state index contributed by atoms with van der Waals surface area (Å²) < 4.78 is 0. The first-order valence-corrected chi connectivity index (χ1v) is 6.74. The van der Waals surface area contributed by atoms with E-state index in [9.17, 15) is 5.11 Å². The maximum Gasteiger partial charge on any atom is 0.115 e. The van der Waals surface area contributed by atoms with Crippen LogP contribution in [0.4, 0.5) is 0 Å². The molecule has 0 spiro atoms. The lowest BCUT2D eigenvalue weighted by Gasteiger charge is -2.39. The molecule has 3 atom stereocenters. The summed E-state index contributed by atoms with van der Waals surface area (Å²) in [6, 6.07) is 7.89. The minimum atomic E-state index is 0.376. The summed E-state index contributed by atoms with van der Waals surface area (Å²) in [7, 11) is 0. The Morgan fingerprint density at radius 2 is 1.76 bits per heavy atom. The van der Waals surface area contributed by atoms with Gasteiger partial charge in [-0.25, -0.2) is 0 Å². The Morgan fingerprint density at radius 3 is 2.24 bits per heavy atom. The van der Waals surface area contributed by atoms with Crippen molar-refractivity contribution in [1.82, 2.24) is 0 Å². The molecule has 0 amide bonds. The zero-order valence-corrected chi connectivity index (χ0v) is 11.0. The van der Waals surface area contributed by atoms with Crippen LogP contribution in [0, 0.1) is 16.7 Å². The molecule has 1 nitrogen and oxygen atoms in total. The number of rotatable bonds is 1. The fraction of sp³-hybridized carbons (Fsp3) is 0.625. The molecule has 2 aliphatic rings. The van der Waals surface area contributed by atoms with Crippen LogP contribution in [0.5, 0.6) is 5.75 Å². The average molecular weight is 230 g/mol. The zero-order chi connectivity index (χ0) is 12.3. The number of hydrogen-bond donors (Lipinski definition) is 1. The Labute approximate surface area is 104 Å². The van der Waals surface area contributed by atoms with Gasteiger partial charge >= 0.3 is 0 Å². The van der Waals surface area contributed by atoms with Gasteiger partial charge in [-0.2, -0.15) is 0 Å². The van der Waals surface area contributed by atoms with Crippen molar-refractivity contribution < 1.29 is 5.11 Å². The fourth-order valence-corrected chi connectivity index (χ4v) is 4.41. The van der Waals surface area contributed by atoms with Crippen LogP contribution in [0.3, 0.4) is 0 Å². The first-order chi connectivity index (χ1) is 7.95. The SMILES string of the molecule is CC1(C)[C@H]2CC[C@@]1(C)[C@H](c1ccc(O)cc1)C2. The van der Waals surface area contributed by atoms with E-state index in [0.29, 0.717) is 22.5 Å². The molecular formula is C16H22O. The number of phenols is 1. The zero-order valence-electron chi connectivity index (χ0n) is 11.0. The third-order valence-electron chi connectivity index (χ3n) is 6.09. The molecule has 1 aromatic rings. The highest BCUT2D eigenvalue weighted by atomic mass is 16.3. The molecule has 0 unspecified atom stereocenters. The predicted octanol–water partition coefficient (Wildman–Crippen LogP) is 4.32. The van der Waals surface area contributed by atoms with Gasteiger partial charge in [0.25, 0.3) is 0 Å². The predicted molar refractivity (Wildman–Crippen MR) is 70.1 cm³/mol. The highest BCUT2D eigenvalue weighted by Gasteiger charge is 2.61. The fourth-order valence-electron chi connectivity index (χ4n) is 4.41. The van der Waals surface area contributed by atoms with Crippen LogP contribution in [0.15, 0.2) is 24.3 Å². The van der Waals surface area contributed by atoms with Crippen molar-refractivity contribution in [3.05, 3.63) is 29.8 Å². The van der Waals surface area contributed by atoms with Gasteiger partial charge in [-0.15, -0.1) is 0 Å². The number of benzene rings is 1. The van der Waals surface area contributed by atoms with Crippen LogP contribution in [0.2, 0.25) is 0 Å². The van der Waals surface area contributed by atoms with Crippen molar-refractivity contribution in [2.24, 2.45) is 16.7 Å². The normalized spacial score (nSPS) is 38.5. The van der Waals surface area contributed by atoms with Crippen molar-refractivity contribution >= 4 is 0 Å². The van der Waals surface area contributed by atoms with Crippen LogP contribution in [0.25, 0.3) is 0 Å². The van der Waals surface area contributed by atoms with Crippen LogP contribution in [-0.2, 0) is 0 Å². The summed E-state index contributed by atoms with van der Waals surface area (Å²) in [6.07, 6.45) is 4.09. The largest absolute Gasteiger partial charge is 0.508 e. The molecule has 0 heterocycles. The molecule has 2 fully saturated rings.